The van der Waals surface area contributed by atoms with Crippen LogP contribution in [0.5, 0.6) is 11.5 Å². The van der Waals surface area contributed by atoms with E-state index >= 15 is 0 Å². The molecule has 7 heteroatoms. The molecule has 0 bridgehead atoms. The maximum atomic E-state index is 12.4. The second-order valence-corrected chi connectivity index (χ2v) is 5.00. The molecule has 2 aromatic carbocycles. The molecule has 0 atom stereocenters. The lowest BCUT2D eigenvalue weighted by atomic mass is 10.2. The smallest absolute Gasteiger partial charge is 0.349 e. The highest BCUT2D eigenvalue weighted by Gasteiger charge is 2.06. The van der Waals surface area contributed by atoms with Crippen molar-refractivity contribution in [3.05, 3.63) is 68.9 Å². The molecule has 0 aliphatic carbocycles. The lowest BCUT2D eigenvalue weighted by Crippen LogP contribution is -2.32. The average Bonchev–Trinajstić information content (AvgIpc) is 2.57. The fourth-order valence-electron chi connectivity index (χ4n) is 2.26. The Bertz CT molecular complexity index is 1030. The van der Waals surface area contributed by atoms with Crippen molar-refractivity contribution in [2.45, 2.75) is 6.92 Å². The number of aromatic hydroxyl groups is 1. The molecule has 2 N–H and O–H groups in total. The standard InChI is InChI=1S/C17H15N3O4/c1-2-24-15-9-11(7-8-14(15)21)10-18-20-16(22)12-5-3-4-6-13(12)19-17(20)23/h3-10,21H,2H2,1H3,(H,19,23)/b18-10+. The number of nitrogens with one attached hydrogen (secondary N) is 1. The number of benzene rings is 2. The minimum absolute atomic E-state index is 0.00900. The lowest BCUT2D eigenvalue weighted by molar-refractivity contribution is 0.318. The van der Waals surface area contributed by atoms with Crippen LogP contribution in [0.3, 0.4) is 0 Å². The van der Waals surface area contributed by atoms with Crippen molar-refractivity contribution < 1.29 is 9.84 Å². The van der Waals surface area contributed by atoms with Gasteiger partial charge in [0, 0.05) is 0 Å². The van der Waals surface area contributed by atoms with E-state index < -0.39 is 11.2 Å². The maximum Gasteiger partial charge on any atom is 0.349 e. The normalized spacial score (nSPS) is 11.2. The largest absolute Gasteiger partial charge is 0.504 e. The number of ether oxygens (including phenoxy) is 1. The number of aromatic nitrogens is 2. The molecule has 3 rings (SSSR count). The van der Waals surface area contributed by atoms with Gasteiger partial charge in [0.15, 0.2) is 11.5 Å². The third-order valence-electron chi connectivity index (χ3n) is 3.39. The van der Waals surface area contributed by atoms with Crippen LogP contribution in [-0.4, -0.2) is 27.6 Å². The highest BCUT2D eigenvalue weighted by atomic mass is 16.5. The van der Waals surface area contributed by atoms with Crippen LogP contribution in [0.2, 0.25) is 0 Å². The summed E-state index contributed by atoms with van der Waals surface area (Å²) < 4.78 is 6.05. The van der Waals surface area contributed by atoms with Gasteiger partial charge in [-0.25, -0.2) is 4.79 Å². The third kappa shape index (κ3) is 2.91. The number of aromatic amines is 1. The molecular weight excluding hydrogens is 310 g/mol. The van der Waals surface area contributed by atoms with E-state index in [0.29, 0.717) is 28.8 Å². The molecule has 3 aromatic rings. The maximum absolute atomic E-state index is 12.4. The van der Waals surface area contributed by atoms with Crippen molar-refractivity contribution >= 4 is 17.1 Å². The topological polar surface area (TPSA) is 96.7 Å². The van der Waals surface area contributed by atoms with E-state index in [1.165, 1.54) is 12.3 Å². The number of rotatable bonds is 4. The van der Waals surface area contributed by atoms with Crippen molar-refractivity contribution in [3.8, 4) is 11.5 Å². The number of nitrogens with zero attached hydrogens (tertiary/aromatic N) is 2. The van der Waals surface area contributed by atoms with Crippen LogP contribution in [0.4, 0.5) is 0 Å². The Morgan fingerprint density at radius 1 is 1.25 bits per heavy atom. The van der Waals surface area contributed by atoms with Gasteiger partial charge in [-0.05, 0) is 42.8 Å². The Kier molecular flexibility index (Phi) is 4.15. The second-order valence-electron chi connectivity index (χ2n) is 5.00. The van der Waals surface area contributed by atoms with Gasteiger partial charge < -0.3 is 14.8 Å². The molecule has 0 unspecified atom stereocenters. The van der Waals surface area contributed by atoms with E-state index in [-0.39, 0.29) is 5.75 Å². The molecular formula is C17H15N3O4. The van der Waals surface area contributed by atoms with Gasteiger partial charge in [-0.3, -0.25) is 4.79 Å². The van der Waals surface area contributed by atoms with Crippen molar-refractivity contribution in [1.29, 1.82) is 0 Å². The van der Waals surface area contributed by atoms with Gasteiger partial charge in [0.1, 0.15) is 0 Å². The van der Waals surface area contributed by atoms with Crippen molar-refractivity contribution in [2.75, 3.05) is 6.61 Å². The summed E-state index contributed by atoms with van der Waals surface area (Å²) >= 11 is 0. The first-order valence-electron chi connectivity index (χ1n) is 7.34. The number of phenols is 1. The molecule has 0 amide bonds. The zero-order valence-corrected chi connectivity index (χ0v) is 12.9. The molecule has 122 valence electrons. The number of para-hydroxylation sites is 1. The molecule has 0 aliphatic heterocycles. The van der Waals surface area contributed by atoms with Crippen LogP contribution in [0.15, 0.2) is 57.2 Å². The molecule has 0 radical (unpaired) electrons. The van der Waals surface area contributed by atoms with Crippen LogP contribution in [0.25, 0.3) is 10.9 Å². The summed E-state index contributed by atoms with van der Waals surface area (Å²) in [5.74, 6) is 0.316. The van der Waals surface area contributed by atoms with Gasteiger partial charge in [-0.1, -0.05) is 12.1 Å². The molecule has 0 saturated heterocycles. The van der Waals surface area contributed by atoms with Crippen LogP contribution in [0, 0.1) is 0 Å². The Morgan fingerprint density at radius 3 is 2.83 bits per heavy atom. The first-order chi connectivity index (χ1) is 11.6. The third-order valence-corrected chi connectivity index (χ3v) is 3.39. The van der Waals surface area contributed by atoms with Crippen LogP contribution in [-0.2, 0) is 0 Å². The highest BCUT2D eigenvalue weighted by Crippen LogP contribution is 2.26. The molecule has 7 nitrogen and oxygen atoms in total. The van der Waals surface area contributed by atoms with Crippen molar-refractivity contribution in [1.82, 2.24) is 9.66 Å². The summed E-state index contributed by atoms with van der Waals surface area (Å²) in [6.07, 6.45) is 1.35. The quantitative estimate of drug-likeness (QED) is 0.713. The van der Waals surface area contributed by atoms with Gasteiger partial charge in [-0.2, -0.15) is 5.10 Å². The summed E-state index contributed by atoms with van der Waals surface area (Å²) in [7, 11) is 0. The zero-order chi connectivity index (χ0) is 17.1. The minimum Gasteiger partial charge on any atom is -0.504 e. The van der Waals surface area contributed by atoms with E-state index in [1.54, 1.807) is 43.3 Å². The summed E-state index contributed by atoms with van der Waals surface area (Å²) in [6.45, 7) is 2.20. The summed E-state index contributed by atoms with van der Waals surface area (Å²) in [4.78, 5) is 27.0. The number of H-pyrrole nitrogens is 1. The number of hydrogen-bond donors (Lipinski definition) is 2. The molecule has 0 saturated carbocycles. The van der Waals surface area contributed by atoms with E-state index in [2.05, 4.69) is 10.1 Å². The first kappa shape index (κ1) is 15.5. The number of fused-ring (bicyclic) bond motifs is 1. The van der Waals surface area contributed by atoms with E-state index in [0.717, 1.165) is 4.68 Å². The summed E-state index contributed by atoms with van der Waals surface area (Å²) in [5.41, 5.74) is -0.0916. The Balaban J connectivity index is 2.04. The van der Waals surface area contributed by atoms with Crippen molar-refractivity contribution in [3.63, 3.8) is 0 Å². The Labute approximate surface area is 136 Å². The summed E-state index contributed by atoms with van der Waals surface area (Å²) in [6, 6.07) is 11.3. The SMILES string of the molecule is CCOc1cc(/C=N/n2c(=O)[nH]c3ccccc3c2=O)ccc1O. The molecule has 1 heterocycles. The summed E-state index contributed by atoms with van der Waals surface area (Å²) in [5, 5.41) is 14.0. The Morgan fingerprint density at radius 2 is 2.04 bits per heavy atom. The predicted molar refractivity (Wildman–Crippen MR) is 91.1 cm³/mol. The van der Waals surface area contributed by atoms with Crippen LogP contribution < -0.4 is 16.0 Å². The lowest BCUT2D eigenvalue weighted by Gasteiger charge is -2.06. The van der Waals surface area contributed by atoms with E-state index in [1.807, 2.05) is 0 Å². The molecule has 24 heavy (non-hydrogen) atoms. The second kappa shape index (κ2) is 6.41. The van der Waals surface area contributed by atoms with Gasteiger partial charge >= 0.3 is 5.69 Å². The van der Waals surface area contributed by atoms with Gasteiger partial charge in [0.05, 0.1) is 23.7 Å². The average molecular weight is 325 g/mol. The van der Waals surface area contributed by atoms with Crippen LogP contribution >= 0.6 is 0 Å². The fraction of sp³-hybridized carbons (Fsp3) is 0.118. The predicted octanol–water partition coefficient (Wildman–Crippen LogP) is 1.68. The fourth-order valence-corrected chi connectivity index (χ4v) is 2.26. The highest BCUT2D eigenvalue weighted by molar-refractivity contribution is 5.81. The zero-order valence-electron chi connectivity index (χ0n) is 12.9. The van der Waals surface area contributed by atoms with Crippen molar-refractivity contribution in [2.24, 2.45) is 5.10 Å². The van der Waals surface area contributed by atoms with Gasteiger partial charge in [-0.15, -0.1) is 4.68 Å². The molecule has 1 aromatic heterocycles. The monoisotopic (exact) mass is 325 g/mol. The first-order valence-corrected chi connectivity index (χ1v) is 7.34. The van der Waals surface area contributed by atoms with Gasteiger partial charge in [0.2, 0.25) is 0 Å². The molecule has 0 fully saturated rings. The number of phenolic OH excluding ortho intramolecular Hbond substituents is 1. The Hall–Kier alpha value is -3.35. The number of hydrogen-bond acceptors (Lipinski definition) is 5. The molecule has 0 spiro atoms. The van der Waals surface area contributed by atoms with E-state index in [9.17, 15) is 14.7 Å². The van der Waals surface area contributed by atoms with Crippen LogP contribution in [0.1, 0.15) is 12.5 Å². The van der Waals surface area contributed by atoms with Gasteiger partial charge in [0.25, 0.3) is 5.56 Å². The van der Waals surface area contributed by atoms with E-state index in [4.69, 9.17) is 4.74 Å². The minimum atomic E-state index is -0.626. The molecule has 0 aliphatic rings.